The molecule has 0 aliphatic carbocycles. The predicted octanol–water partition coefficient (Wildman–Crippen LogP) is 1.39. The Kier molecular flexibility index (Phi) is 4.14. The molecule has 2 N–H and O–H groups in total. The number of carbonyl (C=O) groups is 1. The topological polar surface area (TPSA) is 41.1 Å². The van der Waals surface area contributed by atoms with Crippen molar-refractivity contribution in [3.05, 3.63) is 0 Å². The Bertz CT molecular complexity index is 245. The summed E-state index contributed by atoms with van der Waals surface area (Å²) in [7, 11) is 0. The molecule has 3 nitrogen and oxygen atoms in total. The second kappa shape index (κ2) is 5.41. The molecule has 2 saturated heterocycles. The summed E-state index contributed by atoms with van der Waals surface area (Å²) in [5, 5.41) is 7.11. The van der Waals surface area contributed by atoms with Crippen molar-refractivity contribution < 1.29 is 4.79 Å². The first-order valence-electron chi connectivity index (χ1n) is 6.31. The highest BCUT2D eigenvalue weighted by atomic mass is 32.2. The molecule has 2 unspecified atom stereocenters. The molecule has 2 fully saturated rings. The van der Waals surface area contributed by atoms with E-state index in [0.29, 0.717) is 5.25 Å². The van der Waals surface area contributed by atoms with E-state index in [1.54, 1.807) is 0 Å². The molecular formula is C12H22N2OS. The highest BCUT2D eigenvalue weighted by Crippen LogP contribution is 2.27. The van der Waals surface area contributed by atoms with Gasteiger partial charge in [-0.25, -0.2) is 0 Å². The van der Waals surface area contributed by atoms with Crippen molar-refractivity contribution in [3.63, 3.8) is 0 Å². The number of thioether (sulfide) groups is 1. The predicted molar refractivity (Wildman–Crippen MR) is 68.7 cm³/mol. The number of nitrogens with one attached hydrogen (secondary N) is 2. The van der Waals surface area contributed by atoms with Gasteiger partial charge in [-0.3, -0.25) is 4.79 Å². The molecule has 2 atom stereocenters. The molecule has 2 heterocycles. The zero-order valence-corrected chi connectivity index (χ0v) is 10.9. The molecule has 0 spiro atoms. The van der Waals surface area contributed by atoms with Gasteiger partial charge in [0, 0.05) is 18.3 Å². The van der Waals surface area contributed by atoms with Crippen LogP contribution in [0.25, 0.3) is 0 Å². The van der Waals surface area contributed by atoms with Crippen molar-refractivity contribution in [3.8, 4) is 0 Å². The number of hydrogen-bond donors (Lipinski definition) is 2. The smallest absolute Gasteiger partial charge is 0.227 e. The summed E-state index contributed by atoms with van der Waals surface area (Å²) in [4.78, 5) is 12.1. The van der Waals surface area contributed by atoms with Crippen molar-refractivity contribution in [1.82, 2.24) is 10.6 Å². The van der Waals surface area contributed by atoms with Gasteiger partial charge in [-0.15, -0.1) is 0 Å². The van der Waals surface area contributed by atoms with E-state index < -0.39 is 0 Å². The fourth-order valence-electron chi connectivity index (χ4n) is 2.48. The summed E-state index contributed by atoms with van der Waals surface area (Å²) in [6, 6.07) is 0. The van der Waals surface area contributed by atoms with Crippen LogP contribution in [0.5, 0.6) is 0 Å². The van der Waals surface area contributed by atoms with E-state index in [1.165, 1.54) is 18.6 Å². The molecule has 0 radical (unpaired) electrons. The number of hydrogen-bond acceptors (Lipinski definition) is 3. The van der Waals surface area contributed by atoms with Gasteiger partial charge in [-0.05, 0) is 44.9 Å². The minimum Gasteiger partial charge on any atom is -0.354 e. The minimum atomic E-state index is -0.179. The van der Waals surface area contributed by atoms with Gasteiger partial charge >= 0.3 is 0 Å². The second-order valence-electron chi connectivity index (χ2n) is 5.19. The van der Waals surface area contributed by atoms with Crippen molar-refractivity contribution in [2.45, 2.75) is 37.9 Å². The highest BCUT2D eigenvalue weighted by Gasteiger charge is 2.34. The molecule has 0 aromatic rings. The lowest BCUT2D eigenvalue weighted by Crippen LogP contribution is -2.49. The van der Waals surface area contributed by atoms with Gasteiger partial charge in [0.25, 0.3) is 0 Å². The molecule has 2 aliphatic rings. The van der Waals surface area contributed by atoms with E-state index in [9.17, 15) is 4.79 Å². The Morgan fingerprint density at radius 2 is 2.44 bits per heavy atom. The van der Waals surface area contributed by atoms with Crippen LogP contribution >= 0.6 is 11.8 Å². The van der Waals surface area contributed by atoms with Crippen molar-refractivity contribution in [2.24, 2.45) is 5.41 Å². The molecule has 2 rings (SSSR count). The van der Waals surface area contributed by atoms with Crippen LogP contribution in [0, 0.1) is 5.41 Å². The van der Waals surface area contributed by atoms with Gasteiger partial charge in [0.15, 0.2) is 0 Å². The van der Waals surface area contributed by atoms with E-state index in [2.05, 4.69) is 17.6 Å². The summed E-state index contributed by atoms with van der Waals surface area (Å²) in [5.41, 5.74) is -0.179. The molecule has 92 valence electrons. The lowest BCUT2D eigenvalue weighted by molar-refractivity contribution is -0.131. The largest absolute Gasteiger partial charge is 0.354 e. The van der Waals surface area contributed by atoms with Crippen LogP contribution in [-0.2, 0) is 4.79 Å². The molecule has 2 aliphatic heterocycles. The maximum Gasteiger partial charge on any atom is 0.227 e. The van der Waals surface area contributed by atoms with Crippen molar-refractivity contribution >= 4 is 17.7 Å². The van der Waals surface area contributed by atoms with Gasteiger partial charge in [0.1, 0.15) is 0 Å². The molecule has 1 amide bonds. The minimum absolute atomic E-state index is 0.179. The van der Waals surface area contributed by atoms with Gasteiger partial charge in [0.05, 0.1) is 5.41 Å². The summed E-state index contributed by atoms with van der Waals surface area (Å²) >= 11 is 2.00. The van der Waals surface area contributed by atoms with Gasteiger partial charge in [-0.1, -0.05) is 0 Å². The zero-order chi connectivity index (χ0) is 11.4. The first-order valence-corrected chi connectivity index (χ1v) is 7.36. The standard InChI is InChI=1S/C12H22N2OS/c1-12(5-3-6-13-9-12)11(15)14-8-10-4-2-7-16-10/h10,13H,2-9H2,1H3,(H,14,15). The quantitative estimate of drug-likeness (QED) is 0.786. The van der Waals surface area contributed by atoms with Crippen molar-refractivity contribution in [2.75, 3.05) is 25.4 Å². The van der Waals surface area contributed by atoms with E-state index in [-0.39, 0.29) is 11.3 Å². The van der Waals surface area contributed by atoms with Crippen molar-refractivity contribution in [1.29, 1.82) is 0 Å². The zero-order valence-electron chi connectivity index (χ0n) is 10.1. The highest BCUT2D eigenvalue weighted by molar-refractivity contribution is 8.00. The Morgan fingerprint density at radius 1 is 1.56 bits per heavy atom. The lowest BCUT2D eigenvalue weighted by Gasteiger charge is -2.33. The van der Waals surface area contributed by atoms with E-state index in [0.717, 1.165) is 32.5 Å². The number of rotatable bonds is 3. The first kappa shape index (κ1) is 12.2. The van der Waals surface area contributed by atoms with Gasteiger partial charge < -0.3 is 10.6 Å². The summed E-state index contributed by atoms with van der Waals surface area (Å²) < 4.78 is 0. The average Bonchev–Trinajstić information content (AvgIpc) is 2.79. The Balaban J connectivity index is 1.77. The monoisotopic (exact) mass is 242 g/mol. The molecule has 4 heteroatoms. The maximum absolute atomic E-state index is 12.1. The fourth-order valence-corrected chi connectivity index (χ4v) is 3.68. The van der Waals surface area contributed by atoms with Crippen LogP contribution in [-0.4, -0.2) is 36.5 Å². The molecule has 16 heavy (non-hydrogen) atoms. The summed E-state index contributed by atoms with van der Waals surface area (Å²) in [6.07, 6.45) is 4.70. The summed E-state index contributed by atoms with van der Waals surface area (Å²) in [5.74, 6) is 1.51. The third-order valence-electron chi connectivity index (χ3n) is 3.66. The third kappa shape index (κ3) is 2.92. The van der Waals surface area contributed by atoms with Gasteiger partial charge in [-0.2, -0.15) is 11.8 Å². The summed E-state index contributed by atoms with van der Waals surface area (Å²) in [6.45, 7) is 4.83. The maximum atomic E-state index is 12.1. The fraction of sp³-hybridized carbons (Fsp3) is 0.917. The lowest BCUT2D eigenvalue weighted by atomic mass is 9.82. The van der Waals surface area contributed by atoms with E-state index >= 15 is 0 Å². The van der Waals surface area contributed by atoms with E-state index in [1.807, 2.05) is 11.8 Å². The Labute approximate surface area is 102 Å². The first-order chi connectivity index (χ1) is 7.71. The van der Waals surface area contributed by atoms with Crippen LogP contribution in [0.2, 0.25) is 0 Å². The van der Waals surface area contributed by atoms with Crippen LogP contribution < -0.4 is 10.6 Å². The number of amides is 1. The molecule has 0 aromatic heterocycles. The molecule has 0 saturated carbocycles. The third-order valence-corrected chi connectivity index (χ3v) is 5.06. The normalized spacial score (nSPS) is 34.9. The Morgan fingerprint density at radius 3 is 3.06 bits per heavy atom. The van der Waals surface area contributed by atoms with E-state index in [4.69, 9.17) is 0 Å². The second-order valence-corrected chi connectivity index (χ2v) is 6.59. The molecule has 0 bridgehead atoms. The molecular weight excluding hydrogens is 220 g/mol. The average molecular weight is 242 g/mol. The van der Waals surface area contributed by atoms with Crippen LogP contribution in [0.4, 0.5) is 0 Å². The van der Waals surface area contributed by atoms with Crippen LogP contribution in [0.15, 0.2) is 0 Å². The Hall–Kier alpha value is -0.220. The van der Waals surface area contributed by atoms with Gasteiger partial charge in [0.2, 0.25) is 5.91 Å². The van der Waals surface area contributed by atoms with Crippen LogP contribution in [0.3, 0.4) is 0 Å². The van der Waals surface area contributed by atoms with Crippen LogP contribution in [0.1, 0.15) is 32.6 Å². The molecule has 0 aromatic carbocycles. The number of carbonyl (C=O) groups excluding carboxylic acids is 1. The SMILES string of the molecule is CC1(C(=O)NCC2CCCS2)CCCNC1. The number of piperidine rings is 1.